The maximum Gasteiger partial charge on any atom is 0.419 e. The van der Waals surface area contributed by atoms with Crippen LogP contribution in [0.25, 0.3) is 11.1 Å². The van der Waals surface area contributed by atoms with Crippen molar-refractivity contribution in [3.8, 4) is 17.2 Å². The Labute approximate surface area is 191 Å². The molecule has 0 unspecified atom stereocenters. The highest BCUT2D eigenvalue weighted by Gasteiger charge is 2.31. The van der Waals surface area contributed by atoms with Crippen molar-refractivity contribution in [2.24, 2.45) is 0 Å². The fourth-order valence-electron chi connectivity index (χ4n) is 3.34. The molecule has 0 radical (unpaired) electrons. The number of para-hydroxylation sites is 2. The second kappa shape index (κ2) is 9.34. The number of methoxy groups -OCH3 is 1. The van der Waals surface area contributed by atoms with Crippen LogP contribution in [0.5, 0.6) is 17.2 Å². The highest BCUT2D eigenvalue weighted by atomic mass is 19.4. The van der Waals surface area contributed by atoms with Crippen molar-refractivity contribution in [2.45, 2.75) is 19.1 Å². The van der Waals surface area contributed by atoms with Gasteiger partial charge in [-0.3, -0.25) is 9.36 Å². The largest absolute Gasteiger partial charge is 0.497 e. The molecule has 0 saturated heterocycles. The molecule has 0 spiro atoms. The normalized spacial score (nSPS) is 11.4. The third kappa shape index (κ3) is 5.06. The van der Waals surface area contributed by atoms with Gasteiger partial charge in [0.2, 0.25) is 5.91 Å². The molecular formula is C24H19F3N2O5. The summed E-state index contributed by atoms with van der Waals surface area (Å²) in [6, 6.07) is 16.0. The van der Waals surface area contributed by atoms with Crippen molar-refractivity contribution in [1.82, 2.24) is 4.57 Å². The molecule has 0 fully saturated rings. The Morgan fingerprint density at radius 3 is 2.56 bits per heavy atom. The van der Waals surface area contributed by atoms with Crippen LogP contribution in [-0.4, -0.2) is 17.6 Å². The van der Waals surface area contributed by atoms with Gasteiger partial charge < -0.3 is 19.2 Å². The molecule has 34 heavy (non-hydrogen) atoms. The van der Waals surface area contributed by atoms with Gasteiger partial charge in [-0.1, -0.05) is 18.2 Å². The first-order chi connectivity index (χ1) is 16.2. The van der Waals surface area contributed by atoms with E-state index in [0.717, 1.165) is 18.2 Å². The highest BCUT2D eigenvalue weighted by Crippen LogP contribution is 2.37. The van der Waals surface area contributed by atoms with Crippen LogP contribution in [0, 0.1) is 0 Å². The summed E-state index contributed by atoms with van der Waals surface area (Å²) >= 11 is 0. The standard InChI is InChI=1S/C24H19F3N2O5/c1-32-16-5-4-6-17(14-16)33-20-10-9-15(24(25,26)27)13-18(20)28-22(30)11-12-29-19-7-2-3-8-21(19)34-23(29)31/h2-10,13-14H,11-12H2,1H3,(H,28,30). The summed E-state index contributed by atoms with van der Waals surface area (Å²) < 4.78 is 57.1. The number of carbonyl (C=O) groups is 1. The molecule has 0 aliphatic heterocycles. The number of hydrogen-bond acceptors (Lipinski definition) is 5. The minimum Gasteiger partial charge on any atom is -0.497 e. The molecule has 3 aromatic carbocycles. The van der Waals surface area contributed by atoms with Gasteiger partial charge in [-0.15, -0.1) is 0 Å². The van der Waals surface area contributed by atoms with E-state index in [9.17, 15) is 22.8 Å². The average molecular weight is 472 g/mol. The number of hydrogen-bond donors (Lipinski definition) is 1. The van der Waals surface area contributed by atoms with Crippen molar-refractivity contribution in [3.05, 3.63) is 82.8 Å². The fraction of sp³-hybridized carbons (Fsp3) is 0.167. The number of ether oxygens (including phenoxy) is 2. The molecule has 0 atom stereocenters. The molecule has 1 N–H and O–H groups in total. The first-order valence-corrected chi connectivity index (χ1v) is 10.2. The number of carbonyl (C=O) groups excluding carboxylic acids is 1. The van der Waals surface area contributed by atoms with Gasteiger partial charge in [0.05, 0.1) is 23.9 Å². The molecular weight excluding hydrogens is 453 g/mol. The third-order valence-corrected chi connectivity index (χ3v) is 4.99. The van der Waals surface area contributed by atoms with Crippen LogP contribution in [0.3, 0.4) is 0 Å². The second-order valence-electron chi connectivity index (χ2n) is 7.28. The van der Waals surface area contributed by atoms with Gasteiger partial charge in [0.15, 0.2) is 11.3 Å². The van der Waals surface area contributed by atoms with Crippen molar-refractivity contribution >= 4 is 22.7 Å². The topological polar surface area (TPSA) is 82.7 Å². The number of nitrogens with one attached hydrogen (secondary N) is 1. The quantitative estimate of drug-likeness (QED) is 0.387. The molecule has 7 nitrogen and oxygen atoms in total. The monoisotopic (exact) mass is 472 g/mol. The zero-order valence-corrected chi connectivity index (χ0v) is 17.9. The summed E-state index contributed by atoms with van der Waals surface area (Å²) in [5.41, 5.74) is -0.217. The first-order valence-electron chi connectivity index (χ1n) is 10.2. The van der Waals surface area contributed by atoms with E-state index in [1.807, 2.05) is 0 Å². The van der Waals surface area contributed by atoms with Crippen molar-refractivity contribution in [3.63, 3.8) is 0 Å². The van der Waals surface area contributed by atoms with Crippen molar-refractivity contribution in [1.29, 1.82) is 0 Å². The Hall–Kier alpha value is -4.21. The zero-order valence-electron chi connectivity index (χ0n) is 17.9. The molecule has 0 saturated carbocycles. The molecule has 0 aliphatic rings. The number of halogens is 3. The van der Waals surface area contributed by atoms with Crippen LogP contribution in [0.15, 0.2) is 75.9 Å². The summed E-state index contributed by atoms with van der Waals surface area (Å²) in [7, 11) is 1.47. The number of anilines is 1. The Kier molecular flexibility index (Phi) is 6.31. The molecule has 10 heteroatoms. The molecule has 1 amide bonds. The summed E-state index contributed by atoms with van der Waals surface area (Å²) in [4.78, 5) is 24.7. The minimum atomic E-state index is -4.61. The molecule has 1 heterocycles. The van der Waals surface area contributed by atoms with Gasteiger partial charge in [0.25, 0.3) is 0 Å². The Balaban J connectivity index is 1.56. The van der Waals surface area contributed by atoms with Crippen molar-refractivity contribution < 1.29 is 31.9 Å². The SMILES string of the molecule is COc1cccc(Oc2ccc(C(F)(F)F)cc2NC(=O)CCn2c(=O)oc3ccccc32)c1. The van der Waals surface area contributed by atoms with Gasteiger partial charge in [0.1, 0.15) is 11.5 Å². The van der Waals surface area contributed by atoms with Crippen LogP contribution in [0.4, 0.5) is 18.9 Å². The minimum absolute atomic E-state index is 0.0144. The maximum atomic E-state index is 13.3. The van der Waals surface area contributed by atoms with E-state index < -0.39 is 23.4 Å². The van der Waals surface area contributed by atoms with E-state index in [0.29, 0.717) is 22.6 Å². The van der Waals surface area contributed by atoms with Gasteiger partial charge in [-0.2, -0.15) is 13.2 Å². The van der Waals surface area contributed by atoms with E-state index in [-0.39, 0.29) is 24.4 Å². The molecule has 4 rings (SSSR count). The predicted octanol–water partition coefficient (Wildman–Crippen LogP) is 5.44. The van der Waals surface area contributed by atoms with E-state index in [2.05, 4.69) is 5.32 Å². The molecule has 4 aromatic rings. The lowest BCUT2D eigenvalue weighted by Crippen LogP contribution is -2.20. The number of alkyl halides is 3. The van der Waals surface area contributed by atoms with Crippen molar-refractivity contribution in [2.75, 3.05) is 12.4 Å². The lowest BCUT2D eigenvalue weighted by Gasteiger charge is -2.15. The Morgan fingerprint density at radius 2 is 1.79 bits per heavy atom. The highest BCUT2D eigenvalue weighted by molar-refractivity contribution is 5.92. The number of benzene rings is 3. The van der Waals surface area contributed by atoms with Gasteiger partial charge in [-0.25, -0.2) is 4.79 Å². The van der Waals surface area contributed by atoms with Gasteiger partial charge >= 0.3 is 11.9 Å². The third-order valence-electron chi connectivity index (χ3n) is 4.99. The second-order valence-corrected chi connectivity index (χ2v) is 7.28. The van der Waals surface area contributed by atoms with Crippen LogP contribution >= 0.6 is 0 Å². The number of rotatable bonds is 7. The maximum absolute atomic E-state index is 13.3. The first kappa shape index (κ1) is 23.0. The lowest BCUT2D eigenvalue weighted by molar-refractivity contribution is -0.137. The number of fused-ring (bicyclic) bond motifs is 1. The molecule has 0 bridgehead atoms. The Bertz CT molecular complexity index is 1390. The number of aromatic nitrogens is 1. The number of aryl methyl sites for hydroxylation is 1. The predicted molar refractivity (Wildman–Crippen MR) is 118 cm³/mol. The van der Waals surface area contributed by atoms with E-state index in [1.165, 1.54) is 11.7 Å². The van der Waals surface area contributed by atoms with E-state index >= 15 is 0 Å². The average Bonchev–Trinajstić information content (AvgIpc) is 3.13. The number of oxazole rings is 1. The Morgan fingerprint density at radius 1 is 1.03 bits per heavy atom. The van der Waals surface area contributed by atoms with Crippen LogP contribution < -0.4 is 20.5 Å². The van der Waals surface area contributed by atoms with E-state index in [4.69, 9.17) is 13.9 Å². The summed E-state index contributed by atoms with van der Waals surface area (Å²) in [5, 5.41) is 2.46. The number of amides is 1. The van der Waals surface area contributed by atoms with E-state index in [1.54, 1.807) is 48.5 Å². The smallest absolute Gasteiger partial charge is 0.419 e. The van der Waals surface area contributed by atoms with Crippen LogP contribution in [-0.2, 0) is 17.5 Å². The summed E-state index contributed by atoms with van der Waals surface area (Å²) in [6.07, 6.45) is -4.80. The van der Waals surface area contributed by atoms with Crippen LogP contribution in [0.1, 0.15) is 12.0 Å². The summed E-state index contributed by atoms with van der Waals surface area (Å²) in [6.45, 7) is -0.0211. The molecule has 176 valence electrons. The molecule has 1 aromatic heterocycles. The fourth-order valence-corrected chi connectivity index (χ4v) is 3.34. The lowest BCUT2D eigenvalue weighted by atomic mass is 10.1. The molecule has 0 aliphatic carbocycles. The summed E-state index contributed by atoms with van der Waals surface area (Å²) in [5.74, 6) is -0.415. The zero-order chi connectivity index (χ0) is 24.3. The van der Waals surface area contributed by atoms with Gasteiger partial charge in [0, 0.05) is 19.0 Å². The van der Waals surface area contributed by atoms with Crippen LogP contribution in [0.2, 0.25) is 0 Å². The number of nitrogens with zero attached hydrogens (tertiary/aromatic N) is 1. The van der Waals surface area contributed by atoms with Gasteiger partial charge in [-0.05, 0) is 42.5 Å².